The summed E-state index contributed by atoms with van der Waals surface area (Å²) >= 11 is 1.64. The zero-order valence-corrected chi connectivity index (χ0v) is 15.0. The monoisotopic (exact) mass is 308 g/mol. The highest BCUT2D eigenvalue weighted by atomic mass is 32.1. The molecule has 110 valence electrons. The first kappa shape index (κ1) is 15.5. The lowest BCUT2D eigenvalue weighted by molar-refractivity contribution is 0.203. The van der Waals surface area contributed by atoms with Crippen LogP contribution in [0.1, 0.15) is 38.7 Å². The Morgan fingerprint density at radius 2 is 1.85 bits per heavy atom. The van der Waals surface area contributed by atoms with E-state index in [1.54, 1.807) is 18.3 Å². The Kier molecular flexibility index (Phi) is 4.02. The van der Waals surface area contributed by atoms with Gasteiger partial charge in [0.2, 0.25) is 8.32 Å². The molecule has 2 rings (SSSR count). The van der Waals surface area contributed by atoms with Crippen molar-refractivity contribution in [3.05, 3.63) is 29.1 Å². The van der Waals surface area contributed by atoms with Crippen molar-refractivity contribution in [2.45, 2.75) is 51.9 Å². The summed E-state index contributed by atoms with van der Waals surface area (Å²) in [5.74, 6) is 0.944. The Balaban J connectivity index is 2.33. The molecule has 2 nitrogen and oxygen atoms in total. The molecule has 1 atom stereocenters. The molecule has 1 unspecified atom stereocenters. The average molecular weight is 309 g/mol. The lowest BCUT2D eigenvalue weighted by Crippen LogP contribution is -2.43. The first-order valence-electron chi connectivity index (χ1n) is 7.01. The van der Waals surface area contributed by atoms with Crippen molar-refractivity contribution >= 4 is 29.7 Å². The normalized spacial score (nSPS) is 14.6. The van der Waals surface area contributed by atoms with Crippen molar-refractivity contribution in [2.75, 3.05) is 0 Å². The molecule has 0 aliphatic carbocycles. The van der Waals surface area contributed by atoms with Crippen LogP contribution in [0.2, 0.25) is 18.1 Å². The SMILES string of the molecule is CC(O)c1cc2cc(O[Si](C)(C)C(C)(C)C)ccc2s1. The van der Waals surface area contributed by atoms with E-state index in [0.717, 1.165) is 16.0 Å². The summed E-state index contributed by atoms with van der Waals surface area (Å²) in [5.41, 5.74) is 0. The Morgan fingerprint density at radius 1 is 1.20 bits per heavy atom. The number of rotatable bonds is 3. The third-order valence-electron chi connectivity index (χ3n) is 4.10. The van der Waals surface area contributed by atoms with E-state index in [2.05, 4.69) is 52.1 Å². The van der Waals surface area contributed by atoms with Gasteiger partial charge in [0.25, 0.3) is 0 Å². The minimum atomic E-state index is -1.79. The molecule has 1 aromatic heterocycles. The Labute approximate surface area is 126 Å². The van der Waals surface area contributed by atoms with Gasteiger partial charge in [0.1, 0.15) is 5.75 Å². The molecule has 0 saturated heterocycles. The Bertz CT molecular complexity index is 608. The number of aliphatic hydroxyl groups excluding tert-OH is 1. The standard InChI is InChI=1S/C16H24O2SSi/c1-11(17)15-10-12-9-13(7-8-14(12)19-15)18-20(5,6)16(2,3)4/h7-11,17H,1-6H3. The van der Waals surface area contributed by atoms with Gasteiger partial charge in [-0.1, -0.05) is 20.8 Å². The van der Waals surface area contributed by atoms with E-state index in [9.17, 15) is 5.11 Å². The maximum Gasteiger partial charge on any atom is 0.250 e. The average Bonchev–Trinajstić information content (AvgIpc) is 2.69. The van der Waals surface area contributed by atoms with E-state index in [1.807, 2.05) is 6.07 Å². The van der Waals surface area contributed by atoms with Gasteiger partial charge in [-0.3, -0.25) is 0 Å². The summed E-state index contributed by atoms with van der Waals surface area (Å²) in [6, 6.07) is 8.29. The molecule has 1 heterocycles. The van der Waals surface area contributed by atoms with Crippen LogP contribution in [-0.4, -0.2) is 13.4 Å². The minimum Gasteiger partial charge on any atom is -0.543 e. The van der Waals surface area contributed by atoms with Crippen LogP contribution in [0.4, 0.5) is 0 Å². The minimum absolute atomic E-state index is 0.196. The topological polar surface area (TPSA) is 29.5 Å². The number of aliphatic hydroxyl groups is 1. The summed E-state index contributed by atoms with van der Waals surface area (Å²) in [6.45, 7) is 13.0. The van der Waals surface area contributed by atoms with E-state index >= 15 is 0 Å². The molecule has 0 fully saturated rings. The number of hydrogen-bond donors (Lipinski definition) is 1. The molecule has 0 aliphatic rings. The molecule has 4 heteroatoms. The van der Waals surface area contributed by atoms with Crippen LogP contribution in [0.15, 0.2) is 24.3 Å². The number of benzene rings is 1. The van der Waals surface area contributed by atoms with Crippen LogP contribution < -0.4 is 4.43 Å². The fourth-order valence-electron chi connectivity index (χ4n) is 1.76. The van der Waals surface area contributed by atoms with Crippen LogP contribution in [0, 0.1) is 0 Å². The fraction of sp³-hybridized carbons (Fsp3) is 0.500. The molecule has 20 heavy (non-hydrogen) atoms. The second kappa shape index (κ2) is 5.17. The summed E-state index contributed by atoms with van der Waals surface area (Å²) in [5, 5.41) is 11.0. The molecule has 0 saturated carbocycles. The van der Waals surface area contributed by atoms with Crippen LogP contribution >= 0.6 is 11.3 Å². The Hall–Kier alpha value is -0.843. The lowest BCUT2D eigenvalue weighted by Gasteiger charge is -2.36. The summed E-state index contributed by atoms with van der Waals surface area (Å²) in [7, 11) is -1.79. The maximum atomic E-state index is 9.67. The van der Waals surface area contributed by atoms with Crippen molar-refractivity contribution in [3.8, 4) is 5.75 Å². The van der Waals surface area contributed by atoms with Gasteiger partial charge in [0, 0.05) is 9.58 Å². The van der Waals surface area contributed by atoms with E-state index in [0.29, 0.717) is 0 Å². The van der Waals surface area contributed by atoms with Crippen molar-refractivity contribution in [2.24, 2.45) is 0 Å². The van der Waals surface area contributed by atoms with Gasteiger partial charge < -0.3 is 9.53 Å². The zero-order valence-electron chi connectivity index (χ0n) is 13.2. The quantitative estimate of drug-likeness (QED) is 0.776. The second-order valence-electron chi connectivity index (χ2n) is 6.89. The number of fused-ring (bicyclic) bond motifs is 1. The molecule has 0 amide bonds. The zero-order chi connectivity index (χ0) is 15.1. The highest BCUT2D eigenvalue weighted by Gasteiger charge is 2.38. The molecule has 0 spiro atoms. The summed E-state index contributed by atoms with van der Waals surface area (Å²) < 4.78 is 7.52. The van der Waals surface area contributed by atoms with E-state index in [-0.39, 0.29) is 5.04 Å². The third kappa shape index (κ3) is 3.08. The van der Waals surface area contributed by atoms with E-state index in [1.165, 1.54) is 4.70 Å². The van der Waals surface area contributed by atoms with Gasteiger partial charge in [0.05, 0.1) is 6.10 Å². The lowest BCUT2D eigenvalue weighted by atomic mass is 10.2. The fourth-order valence-corrected chi connectivity index (χ4v) is 3.76. The van der Waals surface area contributed by atoms with Crippen LogP contribution in [0.5, 0.6) is 5.75 Å². The van der Waals surface area contributed by atoms with Gasteiger partial charge in [-0.25, -0.2) is 0 Å². The molecule has 2 aromatic rings. The van der Waals surface area contributed by atoms with Crippen LogP contribution in [0.25, 0.3) is 10.1 Å². The van der Waals surface area contributed by atoms with Crippen molar-refractivity contribution < 1.29 is 9.53 Å². The van der Waals surface area contributed by atoms with Crippen molar-refractivity contribution in [1.29, 1.82) is 0 Å². The van der Waals surface area contributed by atoms with Gasteiger partial charge in [-0.15, -0.1) is 11.3 Å². The molecule has 0 aliphatic heterocycles. The number of thiophene rings is 1. The van der Waals surface area contributed by atoms with Gasteiger partial charge >= 0.3 is 0 Å². The second-order valence-corrected chi connectivity index (χ2v) is 12.7. The Morgan fingerprint density at radius 3 is 2.40 bits per heavy atom. The van der Waals surface area contributed by atoms with Gasteiger partial charge in [-0.05, 0) is 54.7 Å². The predicted octanol–water partition coefficient (Wildman–Crippen LogP) is 5.34. The highest BCUT2D eigenvalue weighted by molar-refractivity contribution is 7.19. The van der Waals surface area contributed by atoms with E-state index < -0.39 is 14.4 Å². The maximum absolute atomic E-state index is 9.67. The predicted molar refractivity (Wildman–Crippen MR) is 90.3 cm³/mol. The van der Waals surface area contributed by atoms with Crippen molar-refractivity contribution in [3.63, 3.8) is 0 Å². The third-order valence-corrected chi connectivity index (χ3v) is 9.74. The molecular formula is C16H24O2SSi. The molecular weight excluding hydrogens is 284 g/mol. The van der Waals surface area contributed by atoms with Gasteiger partial charge in [-0.2, -0.15) is 0 Å². The van der Waals surface area contributed by atoms with E-state index in [4.69, 9.17) is 4.43 Å². The van der Waals surface area contributed by atoms with Gasteiger partial charge in [0.15, 0.2) is 0 Å². The smallest absolute Gasteiger partial charge is 0.250 e. The molecule has 0 radical (unpaired) electrons. The van der Waals surface area contributed by atoms with Crippen molar-refractivity contribution in [1.82, 2.24) is 0 Å². The first-order chi connectivity index (χ1) is 9.10. The molecule has 0 bridgehead atoms. The largest absolute Gasteiger partial charge is 0.543 e. The van der Waals surface area contributed by atoms with Crippen LogP contribution in [0.3, 0.4) is 0 Å². The molecule has 1 aromatic carbocycles. The summed E-state index contributed by atoms with van der Waals surface area (Å²) in [6.07, 6.45) is -0.405. The molecule has 1 N–H and O–H groups in total. The van der Waals surface area contributed by atoms with Crippen LogP contribution in [-0.2, 0) is 0 Å². The number of hydrogen-bond acceptors (Lipinski definition) is 3. The summed E-state index contributed by atoms with van der Waals surface area (Å²) in [4.78, 5) is 1.00. The highest BCUT2D eigenvalue weighted by Crippen LogP contribution is 2.39. The first-order valence-corrected chi connectivity index (χ1v) is 10.7.